The topological polar surface area (TPSA) is 30.2 Å². The van der Waals surface area contributed by atoms with Crippen LogP contribution in [0.15, 0.2) is 42.9 Å². The normalized spacial score (nSPS) is 11.1. The van der Waals surface area contributed by atoms with Crippen molar-refractivity contribution in [3.05, 3.63) is 42.9 Å². The molecule has 0 saturated carbocycles. The van der Waals surface area contributed by atoms with E-state index in [9.17, 15) is 0 Å². The standard InChI is InChI=1S/C10H7N3/c1-2-5-13-6-4-9-8(7-11-12-9)10(13)3-1/h1-7H. The summed E-state index contributed by atoms with van der Waals surface area (Å²) in [6, 6.07) is 8.05. The van der Waals surface area contributed by atoms with Crippen molar-refractivity contribution in [3.8, 4) is 11.3 Å². The predicted molar refractivity (Wildman–Crippen MR) is 49.6 cm³/mol. The van der Waals surface area contributed by atoms with Crippen LogP contribution in [0, 0.1) is 0 Å². The molecule has 1 aromatic heterocycles. The first-order valence-electron chi connectivity index (χ1n) is 4.12. The molecule has 0 amide bonds. The quantitative estimate of drug-likeness (QED) is 0.514. The molecule has 2 aliphatic rings. The third-order valence-electron chi connectivity index (χ3n) is 2.19. The van der Waals surface area contributed by atoms with Gasteiger partial charge in [-0.3, -0.25) is 0 Å². The zero-order valence-corrected chi connectivity index (χ0v) is 6.88. The average molecular weight is 169 g/mol. The summed E-state index contributed by atoms with van der Waals surface area (Å²) < 4.78 is 2.06. The molecule has 0 saturated heterocycles. The number of hydrogen-bond donors (Lipinski definition) is 0. The van der Waals surface area contributed by atoms with Gasteiger partial charge in [0.15, 0.2) is 0 Å². The maximum absolute atomic E-state index is 4.01. The van der Waals surface area contributed by atoms with Crippen LogP contribution in [-0.4, -0.2) is 14.6 Å². The second-order valence-corrected chi connectivity index (χ2v) is 2.95. The molecule has 0 atom stereocenters. The van der Waals surface area contributed by atoms with Gasteiger partial charge in [0.1, 0.15) is 0 Å². The van der Waals surface area contributed by atoms with Crippen molar-refractivity contribution >= 4 is 5.52 Å². The highest BCUT2D eigenvalue weighted by molar-refractivity contribution is 5.78. The van der Waals surface area contributed by atoms with E-state index in [1.165, 1.54) is 0 Å². The Morgan fingerprint density at radius 2 is 2.08 bits per heavy atom. The van der Waals surface area contributed by atoms with Crippen LogP contribution in [0.5, 0.6) is 0 Å². The molecule has 0 bridgehead atoms. The van der Waals surface area contributed by atoms with E-state index in [1.54, 1.807) is 6.20 Å². The maximum Gasteiger partial charge on any atom is 0.0981 e. The van der Waals surface area contributed by atoms with Gasteiger partial charge in [0.05, 0.1) is 17.4 Å². The zero-order chi connectivity index (χ0) is 8.67. The van der Waals surface area contributed by atoms with E-state index in [4.69, 9.17) is 0 Å². The molecule has 3 rings (SSSR count). The molecule has 0 aliphatic carbocycles. The minimum Gasteiger partial charge on any atom is -0.323 e. The molecule has 3 heterocycles. The highest BCUT2D eigenvalue weighted by Crippen LogP contribution is 2.22. The fraction of sp³-hybridized carbons (Fsp3) is 0. The van der Waals surface area contributed by atoms with Crippen LogP contribution in [0.1, 0.15) is 0 Å². The fourth-order valence-electron chi connectivity index (χ4n) is 1.55. The Labute approximate surface area is 75.0 Å². The highest BCUT2D eigenvalue weighted by atomic mass is 15.1. The van der Waals surface area contributed by atoms with Crippen molar-refractivity contribution in [1.82, 2.24) is 14.6 Å². The molecule has 3 heteroatoms. The molecular weight excluding hydrogens is 162 g/mol. The average Bonchev–Trinajstić information content (AvgIpc) is 2.65. The predicted octanol–water partition coefficient (Wildman–Crippen LogP) is 1.83. The molecule has 0 N–H and O–H groups in total. The monoisotopic (exact) mass is 169 g/mol. The number of rotatable bonds is 0. The van der Waals surface area contributed by atoms with Gasteiger partial charge in [-0.2, -0.15) is 10.2 Å². The third-order valence-corrected chi connectivity index (χ3v) is 2.19. The Kier molecular flexibility index (Phi) is 1.16. The van der Waals surface area contributed by atoms with E-state index >= 15 is 0 Å². The van der Waals surface area contributed by atoms with Crippen LogP contribution >= 0.6 is 0 Å². The van der Waals surface area contributed by atoms with E-state index in [-0.39, 0.29) is 0 Å². The van der Waals surface area contributed by atoms with E-state index in [2.05, 4.69) is 20.7 Å². The number of hydrogen-bond acceptors (Lipinski definition) is 2. The molecular formula is C10H7N3. The van der Waals surface area contributed by atoms with E-state index in [0.29, 0.717) is 0 Å². The Balaban J connectivity index is 2.57. The summed E-state index contributed by atoms with van der Waals surface area (Å²) in [5.41, 5.74) is 3.19. The summed E-state index contributed by atoms with van der Waals surface area (Å²) in [5.74, 6) is 0. The van der Waals surface area contributed by atoms with Gasteiger partial charge in [-0.05, 0) is 18.2 Å². The van der Waals surface area contributed by atoms with Crippen molar-refractivity contribution in [1.29, 1.82) is 0 Å². The summed E-state index contributed by atoms with van der Waals surface area (Å²) in [5, 5.41) is 7.89. The van der Waals surface area contributed by atoms with Crippen LogP contribution in [-0.2, 0) is 0 Å². The molecule has 0 unspecified atom stereocenters. The van der Waals surface area contributed by atoms with Gasteiger partial charge in [0, 0.05) is 18.0 Å². The summed E-state index contributed by atoms with van der Waals surface area (Å²) in [6.07, 6.45) is 5.80. The minimum atomic E-state index is 0.950. The van der Waals surface area contributed by atoms with Crippen molar-refractivity contribution in [2.45, 2.75) is 0 Å². The third kappa shape index (κ3) is 0.839. The molecule has 2 aliphatic heterocycles. The Hall–Kier alpha value is -1.90. The summed E-state index contributed by atoms with van der Waals surface area (Å²) >= 11 is 0. The minimum absolute atomic E-state index is 0.950. The van der Waals surface area contributed by atoms with Crippen molar-refractivity contribution in [3.63, 3.8) is 0 Å². The van der Waals surface area contributed by atoms with Gasteiger partial charge >= 0.3 is 0 Å². The molecule has 0 spiro atoms. The number of pyridine rings is 2. The molecule has 0 radical (unpaired) electrons. The molecule has 3 nitrogen and oxygen atoms in total. The molecule has 1 aromatic rings. The smallest absolute Gasteiger partial charge is 0.0981 e. The maximum atomic E-state index is 4.01. The highest BCUT2D eigenvalue weighted by Gasteiger charge is 2.07. The number of fused-ring (bicyclic) bond motifs is 3. The second kappa shape index (κ2) is 2.29. The van der Waals surface area contributed by atoms with E-state index in [0.717, 1.165) is 16.8 Å². The molecule has 62 valence electrons. The Morgan fingerprint density at radius 1 is 1.08 bits per heavy atom. The van der Waals surface area contributed by atoms with Crippen molar-refractivity contribution < 1.29 is 0 Å². The summed E-state index contributed by atoms with van der Waals surface area (Å²) in [4.78, 5) is 0. The first kappa shape index (κ1) is 6.60. The van der Waals surface area contributed by atoms with Crippen LogP contribution in [0.3, 0.4) is 0 Å². The van der Waals surface area contributed by atoms with Crippen molar-refractivity contribution in [2.75, 3.05) is 0 Å². The number of nitrogens with zero attached hydrogens (tertiary/aromatic N) is 3. The molecule has 0 fully saturated rings. The van der Waals surface area contributed by atoms with Gasteiger partial charge in [0.25, 0.3) is 0 Å². The van der Waals surface area contributed by atoms with Gasteiger partial charge in [-0.15, -0.1) is 0 Å². The lowest BCUT2D eigenvalue weighted by atomic mass is 10.2. The molecule has 13 heavy (non-hydrogen) atoms. The summed E-state index contributed by atoms with van der Waals surface area (Å²) in [6.45, 7) is 0. The van der Waals surface area contributed by atoms with E-state index in [1.807, 2.05) is 30.6 Å². The first-order chi connectivity index (χ1) is 6.45. The Bertz CT molecular complexity index is 527. The lowest BCUT2D eigenvalue weighted by Crippen LogP contribution is -1.89. The lowest BCUT2D eigenvalue weighted by Gasteiger charge is -2.03. The summed E-state index contributed by atoms with van der Waals surface area (Å²) in [7, 11) is 0. The zero-order valence-electron chi connectivity index (χ0n) is 6.88. The van der Waals surface area contributed by atoms with Crippen LogP contribution in [0.25, 0.3) is 16.8 Å². The lowest BCUT2D eigenvalue weighted by molar-refractivity contribution is 1.09. The number of aromatic nitrogens is 3. The van der Waals surface area contributed by atoms with E-state index < -0.39 is 0 Å². The van der Waals surface area contributed by atoms with Gasteiger partial charge in [0.2, 0.25) is 0 Å². The Morgan fingerprint density at radius 3 is 3.08 bits per heavy atom. The van der Waals surface area contributed by atoms with Gasteiger partial charge in [-0.1, -0.05) is 6.07 Å². The van der Waals surface area contributed by atoms with Crippen LogP contribution < -0.4 is 0 Å². The van der Waals surface area contributed by atoms with Gasteiger partial charge in [-0.25, -0.2) is 0 Å². The second-order valence-electron chi connectivity index (χ2n) is 2.95. The first-order valence-corrected chi connectivity index (χ1v) is 4.12. The largest absolute Gasteiger partial charge is 0.323 e. The fourth-order valence-corrected chi connectivity index (χ4v) is 1.55. The molecule has 0 aromatic carbocycles. The van der Waals surface area contributed by atoms with Crippen LogP contribution in [0.4, 0.5) is 0 Å². The SMILES string of the molecule is c1ccn2ccc3nncc-3c2c1. The van der Waals surface area contributed by atoms with Crippen LogP contribution in [0.2, 0.25) is 0 Å². The van der Waals surface area contributed by atoms with Gasteiger partial charge < -0.3 is 4.40 Å². The van der Waals surface area contributed by atoms with Crippen molar-refractivity contribution in [2.24, 2.45) is 0 Å².